The third-order valence-electron chi connectivity index (χ3n) is 5.34. The quantitative estimate of drug-likeness (QED) is 0.511. The Hall–Kier alpha value is -2.62. The summed E-state index contributed by atoms with van der Waals surface area (Å²) in [6.45, 7) is 1.95. The number of nitrogens with zero attached hydrogens (tertiary/aromatic N) is 6. The summed E-state index contributed by atoms with van der Waals surface area (Å²) in [5, 5.41) is 16.6. The third kappa shape index (κ3) is 5.06. The number of nitrogens with one attached hydrogen (secondary N) is 1. The van der Waals surface area contributed by atoms with Crippen LogP contribution in [0.25, 0.3) is 10.7 Å². The number of halogens is 3. The van der Waals surface area contributed by atoms with Crippen molar-refractivity contribution in [3.63, 3.8) is 0 Å². The maximum absolute atomic E-state index is 13.5. The number of aromatic nitrogens is 5. The van der Waals surface area contributed by atoms with E-state index in [4.69, 9.17) is 0 Å². The molecule has 0 saturated carbocycles. The Balaban J connectivity index is 1.50. The molecule has 34 heavy (non-hydrogen) atoms. The van der Waals surface area contributed by atoms with Crippen LogP contribution in [0, 0.1) is 0 Å². The maximum Gasteiger partial charge on any atom is 0.420 e. The summed E-state index contributed by atoms with van der Waals surface area (Å²) in [6.07, 6.45) is 0.0293. The number of anilines is 1. The van der Waals surface area contributed by atoms with E-state index >= 15 is 0 Å². The van der Waals surface area contributed by atoms with Crippen LogP contribution in [-0.2, 0) is 23.2 Å². The normalized spacial score (nSPS) is 17.1. The lowest BCUT2D eigenvalue weighted by Gasteiger charge is -2.31. The molecule has 4 rings (SSSR count). The molecule has 1 atom stereocenters. The second-order valence-electron chi connectivity index (χ2n) is 7.87. The van der Waals surface area contributed by atoms with E-state index in [1.807, 2.05) is 0 Å². The Labute approximate surface area is 197 Å². The molecule has 1 aliphatic heterocycles. The number of thiazole rings is 1. The summed E-state index contributed by atoms with van der Waals surface area (Å²) in [5.41, 5.74) is -1.40. The lowest BCUT2D eigenvalue weighted by atomic mass is 10.1. The molecule has 15 heteroatoms. The Kier molecular flexibility index (Phi) is 6.63. The fraction of sp³-hybridized carbons (Fsp3) is 0.474. The average Bonchev–Trinajstić information content (AvgIpc) is 3.43. The third-order valence-corrected chi connectivity index (χ3v) is 8.36. The molecule has 1 unspecified atom stereocenters. The highest BCUT2D eigenvalue weighted by Gasteiger charge is 2.37. The molecule has 0 amide bonds. The summed E-state index contributed by atoms with van der Waals surface area (Å²) in [7, 11) is -2.04. The number of alkyl halides is 3. The van der Waals surface area contributed by atoms with E-state index in [9.17, 15) is 26.7 Å². The molecule has 10 nitrogen and oxygen atoms in total. The van der Waals surface area contributed by atoms with Gasteiger partial charge in [-0.2, -0.15) is 22.6 Å². The van der Waals surface area contributed by atoms with Gasteiger partial charge in [0.05, 0.1) is 17.2 Å². The molecular weight excluding hydrogens is 495 g/mol. The average molecular weight is 518 g/mol. The van der Waals surface area contributed by atoms with Gasteiger partial charge in [-0.3, -0.25) is 4.68 Å². The van der Waals surface area contributed by atoms with Gasteiger partial charge in [-0.05, 0) is 19.8 Å². The van der Waals surface area contributed by atoms with Crippen LogP contribution < -0.4 is 5.32 Å². The standard InChI is InChI=1S/C19H22F3N7O3S2/c1-11(30)15-9-23-17(33-15)16-14(19(20,21)22)8-24-18(27-16)26-12-3-5-29(6-4-12)34(31,32)13-7-25-28(2)10-13/h7-12,30H,3-6H2,1-2H3,(H,24,26,27). The van der Waals surface area contributed by atoms with Gasteiger partial charge in [-0.25, -0.2) is 23.4 Å². The van der Waals surface area contributed by atoms with Crippen LogP contribution in [0.5, 0.6) is 0 Å². The highest BCUT2D eigenvalue weighted by molar-refractivity contribution is 7.89. The van der Waals surface area contributed by atoms with E-state index in [0.717, 1.165) is 11.3 Å². The van der Waals surface area contributed by atoms with Crippen molar-refractivity contribution in [2.24, 2.45) is 7.05 Å². The predicted octanol–water partition coefficient (Wildman–Crippen LogP) is 2.67. The van der Waals surface area contributed by atoms with Crippen LogP contribution in [-0.4, -0.2) is 61.7 Å². The molecule has 2 N–H and O–H groups in total. The minimum absolute atomic E-state index is 0.00892. The zero-order chi connectivity index (χ0) is 24.7. The van der Waals surface area contributed by atoms with Gasteiger partial charge in [-0.1, -0.05) is 0 Å². The Bertz CT molecular complexity index is 1270. The minimum Gasteiger partial charge on any atom is -0.388 e. The fourth-order valence-electron chi connectivity index (χ4n) is 3.52. The number of aryl methyl sites for hydroxylation is 1. The van der Waals surface area contributed by atoms with Crippen molar-refractivity contribution in [2.75, 3.05) is 18.4 Å². The molecule has 0 aromatic carbocycles. The molecule has 4 heterocycles. The van der Waals surface area contributed by atoms with Gasteiger partial charge in [0.15, 0.2) is 0 Å². The number of aliphatic hydroxyl groups excluding tert-OH is 1. The summed E-state index contributed by atoms with van der Waals surface area (Å²) < 4.78 is 68.9. The number of rotatable bonds is 6. The number of hydrogen-bond acceptors (Lipinski definition) is 9. The van der Waals surface area contributed by atoms with Crippen LogP contribution in [0.4, 0.5) is 19.1 Å². The molecule has 184 valence electrons. The van der Waals surface area contributed by atoms with E-state index in [-0.39, 0.29) is 40.7 Å². The van der Waals surface area contributed by atoms with Gasteiger partial charge in [0.25, 0.3) is 0 Å². The molecule has 0 bridgehead atoms. The largest absolute Gasteiger partial charge is 0.420 e. The van der Waals surface area contributed by atoms with Crippen molar-refractivity contribution in [2.45, 2.75) is 43.0 Å². The molecule has 0 radical (unpaired) electrons. The van der Waals surface area contributed by atoms with Gasteiger partial charge < -0.3 is 10.4 Å². The maximum atomic E-state index is 13.5. The molecular formula is C19H22F3N7O3S2. The van der Waals surface area contributed by atoms with Crippen LogP contribution in [0.15, 0.2) is 29.7 Å². The first-order valence-corrected chi connectivity index (χ1v) is 12.5. The Morgan fingerprint density at radius 3 is 2.47 bits per heavy atom. The molecule has 3 aromatic rings. The lowest BCUT2D eigenvalue weighted by molar-refractivity contribution is -0.137. The number of aliphatic hydroxyl groups is 1. The first kappa shape index (κ1) is 24.5. The first-order valence-electron chi connectivity index (χ1n) is 10.3. The van der Waals surface area contributed by atoms with Gasteiger partial charge >= 0.3 is 6.18 Å². The summed E-state index contributed by atoms with van der Waals surface area (Å²) in [5.74, 6) is -0.00892. The van der Waals surface area contributed by atoms with Crippen LogP contribution in [0.1, 0.15) is 36.3 Å². The smallest absolute Gasteiger partial charge is 0.388 e. The predicted molar refractivity (Wildman–Crippen MR) is 117 cm³/mol. The zero-order valence-corrected chi connectivity index (χ0v) is 19.8. The van der Waals surface area contributed by atoms with Crippen LogP contribution >= 0.6 is 11.3 Å². The van der Waals surface area contributed by atoms with Gasteiger partial charge in [0, 0.05) is 44.8 Å². The van der Waals surface area contributed by atoms with Gasteiger partial charge in [0.1, 0.15) is 21.2 Å². The molecule has 1 fully saturated rings. The Morgan fingerprint density at radius 2 is 1.91 bits per heavy atom. The summed E-state index contributed by atoms with van der Waals surface area (Å²) in [6, 6.07) is -0.228. The van der Waals surface area contributed by atoms with Crippen LogP contribution in [0.2, 0.25) is 0 Å². The second-order valence-corrected chi connectivity index (χ2v) is 10.9. The zero-order valence-electron chi connectivity index (χ0n) is 18.2. The van der Waals surface area contributed by atoms with Gasteiger partial charge in [-0.15, -0.1) is 11.3 Å². The molecule has 0 spiro atoms. The summed E-state index contributed by atoms with van der Waals surface area (Å²) in [4.78, 5) is 12.4. The highest BCUT2D eigenvalue weighted by Crippen LogP contribution is 2.38. The van der Waals surface area contributed by atoms with Crippen molar-refractivity contribution < 1.29 is 26.7 Å². The first-order chi connectivity index (χ1) is 15.9. The number of sulfonamides is 1. The van der Waals surface area contributed by atoms with E-state index < -0.39 is 27.9 Å². The van der Waals surface area contributed by atoms with Crippen molar-refractivity contribution in [1.29, 1.82) is 0 Å². The van der Waals surface area contributed by atoms with E-state index in [2.05, 4.69) is 25.4 Å². The van der Waals surface area contributed by atoms with Crippen molar-refractivity contribution in [1.82, 2.24) is 29.0 Å². The van der Waals surface area contributed by atoms with E-state index in [0.29, 0.717) is 23.9 Å². The Morgan fingerprint density at radius 1 is 1.21 bits per heavy atom. The fourth-order valence-corrected chi connectivity index (χ4v) is 5.83. The second kappa shape index (κ2) is 9.20. The van der Waals surface area contributed by atoms with Crippen molar-refractivity contribution >= 4 is 27.3 Å². The number of piperidine rings is 1. The van der Waals surface area contributed by atoms with Crippen LogP contribution in [0.3, 0.4) is 0 Å². The minimum atomic E-state index is -4.68. The van der Waals surface area contributed by atoms with E-state index in [1.54, 1.807) is 7.05 Å². The van der Waals surface area contributed by atoms with Crippen molar-refractivity contribution in [3.8, 4) is 10.7 Å². The molecule has 3 aromatic heterocycles. The van der Waals surface area contributed by atoms with Gasteiger partial charge in [0.2, 0.25) is 16.0 Å². The SMILES string of the molecule is CC(O)c1cnc(-c2nc(NC3CCN(S(=O)(=O)c4cnn(C)c4)CC3)ncc2C(F)(F)F)s1. The van der Waals surface area contributed by atoms with Crippen molar-refractivity contribution in [3.05, 3.63) is 35.2 Å². The molecule has 0 aliphatic carbocycles. The molecule has 1 saturated heterocycles. The molecule has 1 aliphatic rings. The highest BCUT2D eigenvalue weighted by atomic mass is 32.2. The number of hydrogen-bond donors (Lipinski definition) is 2. The lowest BCUT2D eigenvalue weighted by Crippen LogP contribution is -2.42. The monoisotopic (exact) mass is 517 g/mol. The topological polar surface area (TPSA) is 126 Å². The van der Waals surface area contributed by atoms with E-state index in [1.165, 1.54) is 34.5 Å². The summed E-state index contributed by atoms with van der Waals surface area (Å²) >= 11 is 0.922.